The minimum absolute atomic E-state index is 0.0213. The Bertz CT molecular complexity index is 1030. The minimum atomic E-state index is -1.21. The highest BCUT2D eigenvalue weighted by Gasteiger charge is 2.31. The second kappa shape index (κ2) is 14.8. The van der Waals surface area contributed by atoms with Crippen molar-refractivity contribution < 1.29 is 34.2 Å². The Kier molecular flexibility index (Phi) is 11.8. The number of hydrogen-bond acceptors (Lipinski definition) is 8. The fraction of sp³-hybridized carbons (Fsp3) is 0.440. The standard InChI is InChI=1S/C25H34N4O7S/c1-16(2)13-19(27-23(33)18(26-15-30)11-12-37-3)24(34)28-20(14-17-7-5-4-6-8-17)25(35)36-29-21(31)9-10-22(29)32/h4-10,15-16,18-20,31-32H,11-14H2,1-3H3,(H,26,30)(H,27,33)(H,28,34). The highest BCUT2D eigenvalue weighted by atomic mass is 32.2. The van der Waals surface area contributed by atoms with Gasteiger partial charge in [0.1, 0.15) is 18.1 Å². The van der Waals surface area contributed by atoms with E-state index < -0.39 is 47.7 Å². The van der Waals surface area contributed by atoms with Gasteiger partial charge in [-0.25, -0.2) is 4.79 Å². The summed E-state index contributed by atoms with van der Waals surface area (Å²) < 4.78 is 0.543. The maximum atomic E-state index is 13.3. The Morgan fingerprint density at radius 2 is 1.57 bits per heavy atom. The first-order valence-electron chi connectivity index (χ1n) is 11.8. The van der Waals surface area contributed by atoms with Crippen LogP contribution in [-0.2, 0) is 25.6 Å². The van der Waals surface area contributed by atoms with Crippen LogP contribution in [0.5, 0.6) is 11.8 Å². The molecule has 3 unspecified atom stereocenters. The van der Waals surface area contributed by atoms with Gasteiger partial charge in [-0.2, -0.15) is 11.8 Å². The lowest BCUT2D eigenvalue weighted by Gasteiger charge is -2.25. The Morgan fingerprint density at radius 1 is 0.973 bits per heavy atom. The van der Waals surface area contributed by atoms with Crippen LogP contribution in [0.2, 0.25) is 0 Å². The highest BCUT2D eigenvalue weighted by molar-refractivity contribution is 7.98. The summed E-state index contributed by atoms with van der Waals surface area (Å²) in [4.78, 5) is 55.3. The van der Waals surface area contributed by atoms with E-state index in [1.54, 1.807) is 30.3 Å². The van der Waals surface area contributed by atoms with Gasteiger partial charge >= 0.3 is 5.97 Å². The monoisotopic (exact) mass is 534 g/mol. The molecule has 0 aliphatic carbocycles. The van der Waals surface area contributed by atoms with Gasteiger partial charge in [0.2, 0.25) is 30.0 Å². The average molecular weight is 535 g/mol. The summed E-state index contributed by atoms with van der Waals surface area (Å²) in [5, 5.41) is 27.5. The molecular formula is C25H34N4O7S. The van der Waals surface area contributed by atoms with E-state index >= 15 is 0 Å². The molecule has 0 aliphatic heterocycles. The third-order valence-corrected chi connectivity index (χ3v) is 6.04. The quantitative estimate of drug-likeness (QED) is 0.212. The second-order valence-corrected chi connectivity index (χ2v) is 9.80. The van der Waals surface area contributed by atoms with E-state index in [1.165, 1.54) is 11.8 Å². The van der Waals surface area contributed by atoms with Crippen LogP contribution in [0.3, 0.4) is 0 Å². The zero-order valence-electron chi connectivity index (χ0n) is 21.0. The Hall–Kier alpha value is -3.67. The number of carbonyl (C=O) groups is 4. The second-order valence-electron chi connectivity index (χ2n) is 8.81. The van der Waals surface area contributed by atoms with Gasteiger partial charge in [0, 0.05) is 18.6 Å². The molecule has 1 aromatic carbocycles. The van der Waals surface area contributed by atoms with Crippen LogP contribution in [0.15, 0.2) is 42.5 Å². The lowest BCUT2D eigenvalue weighted by atomic mass is 10.0. The number of aromatic nitrogens is 1. The molecule has 11 nitrogen and oxygen atoms in total. The normalized spacial score (nSPS) is 13.3. The van der Waals surface area contributed by atoms with Gasteiger partial charge in [0.25, 0.3) is 0 Å². The predicted molar refractivity (Wildman–Crippen MR) is 139 cm³/mol. The summed E-state index contributed by atoms with van der Waals surface area (Å²) in [5.74, 6) is -2.41. The van der Waals surface area contributed by atoms with Crippen molar-refractivity contribution >= 4 is 36.0 Å². The molecule has 2 aromatic rings. The number of aromatic hydroxyl groups is 2. The molecule has 37 heavy (non-hydrogen) atoms. The lowest BCUT2D eigenvalue weighted by molar-refractivity contribution is -0.149. The minimum Gasteiger partial charge on any atom is -0.492 e. The summed E-state index contributed by atoms with van der Waals surface area (Å²) in [7, 11) is 0. The third-order valence-electron chi connectivity index (χ3n) is 5.40. The maximum Gasteiger partial charge on any atom is 0.355 e. The van der Waals surface area contributed by atoms with Crippen molar-refractivity contribution in [1.29, 1.82) is 0 Å². The number of thioether (sulfide) groups is 1. The van der Waals surface area contributed by atoms with Gasteiger partial charge in [-0.05, 0) is 36.3 Å². The molecule has 0 saturated heterocycles. The summed E-state index contributed by atoms with van der Waals surface area (Å²) in [5.41, 5.74) is 0.724. The van der Waals surface area contributed by atoms with E-state index in [-0.39, 0.29) is 18.8 Å². The van der Waals surface area contributed by atoms with Crippen molar-refractivity contribution in [2.24, 2.45) is 5.92 Å². The molecular weight excluding hydrogens is 500 g/mol. The number of hydrogen-bond donors (Lipinski definition) is 5. The largest absolute Gasteiger partial charge is 0.492 e. The first-order valence-corrected chi connectivity index (χ1v) is 13.2. The molecule has 0 saturated carbocycles. The van der Waals surface area contributed by atoms with Crippen LogP contribution >= 0.6 is 11.8 Å². The molecule has 0 spiro atoms. The van der Waals surface area contributed by atoms with Crippen LogP contribution in [-0.4, -0.2) is 69.3 Å². The van der Waals surface area contributed by atoms with E-state index in [2.05, 4.69) is 16.0 Å². The SMILES string of the molecule is CSCCC(NC=O)C(=O)NC(CC(C)C)C(=O)NC(Cc1ccccc1)C(=O)On1c(O)ccc1O. The van der Waals surface area contributed by atoms with E-state index in [0.29, 0.717) is 23.3 Å². The van der Waals surface area contributed by atoms with Crippen LogP contribution in [0.25, 0.3) is 0 Å². The number of amides is 3. The van der Waals surface area contributed by atoms with Gasteiger partial charge in [-0.3, -0.25) is 14.4 Å². The summed E-state index contributed by atoms with van der Waals surface area (Å²) in [6.07, 6.45) is 3.04. The number of benzene rings is 1. The van der Waals surface area contributed by atoms with Crippen molar-refractivity contribution in [3.05, 3.63) is 48.0 Å². The molecule has 1 heterocycles. The average Bonchev–Trinajstić information content (AvgIpc) is 3.18. The van der Waals surface area contributed by atoms with Gasteiger partial charge in [-0.15, -0.1) is 4.73 Å². The fourth-order valence-electron chi connectivity index (χ4n) is 3.55. The smallest absolute Gasteiger partial charge is 0.355 e. The molecule has 0 aliphatic rings. The number of carbonyl (C=O) groups excluding carboxylic acids is 4. The number of nitrogens with zero attached hydrogens (tertiary/aromatic N) is 1. The van der Waals surface area contributed by atoms with Crippen LogP contribution in [0.4, 0.5) is 0 Å². The Labute approximate surface area is 219 Å². The molecule has 3 atom stereocenters. The third kappa shape index (κ3) is 9.37. The van der Waals surface area contributed by atoms with E-state index in [4.69, 9.17) is 4.84 Å². The predicted octanol–water partition coefficient (Wildman–Crippen LogP) is 0.981. The van der Waals surface area contributed by atoms with Crippen LogP contribution in [0.1, 0.15) is 32.3 Å². The fourth-order valence-corrected chi connectivity index (χ4v) is 4.02. The number of rotatable bonds is 15. The molecule has 0 fully saturated rings. The summed E-state index contributed by atoms with van der Waals surface area (Å²) in [6.45, 7) is 3.77. The first-order chi connectivity index (χ1) is 17.7. The Balaban J connectivity index is 2.24. The highest BCUT2D eigenvalue weighted by Crippen LogP contribution is 2.19. The number of nitrogens with one attached hydrogen (secondary N) is 3. The molecule has 1 aromatic heterocycles. The maximum absolute atomic E-state index is 13.3. The van der Waals surface area contributed by atoms with Crippen LogP contribution in [0, 0.1) is 5.92 Å². The van der Waals surface area contributed by atoms with E-state index in [1.807, 2.05) is 20.1 Å². The zero-order valence-corrected chi connectivity index (χ0v) is 21.9. The van der Waals surface area contributed by atoms with Crippen molar-refractivity contribution in [3.8, 4) is 11.8 Å². The first kappa shape index (κ1) is 29.6. The molecule has 0 radical (unpaired) electrons. The molecule has 0 bridgehead atoms. The van der Waals surface area contributed by atoms with Gasteiger partial charge in [0.15, 0.2) is 0 Å². The van der Waals surface area contributed by atoms with Crippen molar-refractivity contribution in [2.45, 2.75) is 51.2 Å². The summed E-state index contributed by atoms with van der Waals surface area (Å²) in [6, 6.07) is 8.18. The Morgan fingerprint density at radius 3 is 2.14 bits per heavy atom. The zero-order chi connectivity index (χ0) is 27.4. The van der Waals surface area contributed by atoms with Crippen molar-refractivity contribution in [2.75, 3.05) is 12.0 Å². The molecule has 5 N–H and O–H groups in total. The molecule has 3 amide bonds. The van der Waals surface area contributed by atoms with Crippen LogP contribution < -0.4 is 20.8 Å². The van der Waals surface area contributed by atoms with Crippen molar-refractivity contribution in [1.82, 2.24) is 20.7 Å². The van der Waals surface area contributed by atoms with E-state index in [9.17, 15) is 29.4 Å². The van der Waals surface area contributed by atoms with E-state index in [0.717, 1.165) is 17.7 Å². The molecule has 2 rings (SSSR count). The van der Waals surface area contributed by atoms with Gasteiger partial charge < -0.3 is 31.0 Å². The molecule has 12 heteroatoms. The topological polar surface area (TPSA) is 159 Å². The molecule has 202 valence electrons. The van der Waals surface area contributed by atoms with Crippen molar-refractivity contribution in [3.63, 3.8) is 0 Å². The van der Waals surface area contributed by atoms with Gasteiger partial charge in [-0.1, -0.05) is 44.2 Å². The summed E-state index contributed by atoms with van der Waals surface area (Å²) >= 11 is 1.52. The van der Waals surface area contributed by atoms with Gasteiger partial charge in [0.05, 0.1) is 0 Å². The lowest BCUT2D eigenvalue weighted by Crippen LogP contribution is -2.56.